The number of carbonyl (C=O) groups is 1. The van der Waals surface area contributed by atoms with E-state index in [4.69, 9.17) is 4.74 Å². The summed E-state index contributed by atoms with van der Waals surface area (Å²) in [5.41, 5.74) is 1.58. The van der Waals surface area contributed by atoms with E-state index in [9.17, 15) is 4.79 Å². The van der Waals surface area contributed by atoms with Crippen LogP contribution in [0.4, 0.5) is 0 Å². The van der Waals surface area contributed by atoms with E-state index in [-0.39, 0.29) is 18.5 Å². The second-order valence-electron chi connectivity index (χ2n) is 3.91. The summed E-state index contributed by atoms with van der Waals surface area (Å²) in [6.07, 6.45) is 3.89. The normalized spacial score (nSPS) is 10.9. The van der Waals surface area contributed by atoms with Crippen molar-refractivity contribution in [1.82, 2.24) is 9.38 Å². The van der Waals surface area contributed by atoms with Gasteiger partial charge in [0.15, 0.2) is 0 Å². The first-order chi connectivity index (χ1) is 7.65. The van der Waals surface area contributed by atoms with E-state index in [2.05, 4.69) is 4.98 Å². The van der Waals surface area contributed by atoms with Crippen LogP contribution in [0.1, 0.15) is 19.5 Å². The maximum atomic E-state index is 11.4. The van der Waals surface area contributed by atoms with E-state index in [1.807, 2.05) is 48.8 Å². The Morgan fingerprint density at radius 1 is 1.50 bits per heavy atom. The standard InChI is InChI=1S/C12H14N2O2/c1-9(2)16-12(15)7-10-8-14-6-4-3-5-11(14)13-10/h3-6,8-9H,7H2,1-2H3. The second kappa shape index (κ2) is 4.35. The lowest BCUT2D eigenvalue weighted by Crippen LogP contribution is -2.13. The molecular formula is C12H14N2O2. The molecule has 2 aromatic rings. The van der Waals surface area contributed by atoms with Gasteiger partial charge in [0.2, 0.25) is 0 Å². The third-order valence-electron chi connectivity index (χ3n) is 2.11. The number of imidazole rings is 1. The van der Waals surface area contributed by atoms with Gasteiger partial charge in [-0.3, -0.25) is 4.79 Å². The Kier molecular flexibility index (Phi) is 2.90. The van der Waals surface area contributed by atoms with Crippen LogP contribution in [0.25, 0.3) is 5.65 Å². The van der Waals surface area contributed by atoms with Crippen molar-refractivity contribution in [2.75, 3.05) is 0 Å². The highest BCUT2D eigenvalue weighted by Crippen LogP contribution is 2.06. The molecule has 2 rings (SSSR count). The van der Waals surface area contributed by atoms with Crippen molar-refractivity contribution in [3.05, 3.63) is 36.3 Å². The van der Waals surface area contributed by atoms with Gasteiger partial charge in [-0.15, -0.1) is 0 Å². The van der Waals surface area contributed by atoms with Crippen LogP contribution in [0.3, 0.4) is 0 Å². The maximum absolute atomic E-state index is 11.4. The number of fused-ring (bicyclic) bond motifs is 1. The van der Waals surface area contributed by atoms with Crippen molar-refractivity contribution in [1.29, 1.82) is 0 Å². The molecule has 0 radical (unpaired) electrons. The Balaban J connectivity index is 2.12. The number of aromatic nitrogens is 2. The molecule has 0 saturated heterocycles. The third kappa shape index (κ3) is 2.39. The first kappa shape index (κ1) is 10.7. The van der Waals surface area contributed by atoms with Gasteiger partial charge in [0.25, 0.3) is 0 Å². The molecule has 2 aromatic heterocycles. The third-order valence-corrected chi connectivity index (χ3v) is 2.11. The molecule has 4 nitrogen and oxygen atoms in total. The summed E-state index contributed by atoms with van der Waals surface area (Å²) in [5, 5.41) is 0. The first-order valence-corrected chi connectivity index (χ1v) is 5.27. The number of hydrogen-bond donors (Lipinski definition) is 0. The lowest BCUT2D eigenvalue weighted by molar-refractivity contribution is -0.146. The molecule has 16 heavy (non-hydrogen) atoms. The SMILES string of the molecule is CC(C)OC(=O)Cc1cn2ccccc2n1. The van der Waals surface area contributed by atoms with E-state index in [1.54, 1.807) is 0 Å². The zero-order valence-corrected chi connectivity index (χ0v) is 9.38. The summed E-state index contributed by atoms with van der Waals surface area (Å²) >= 11 is 0. The minimum Gasteiger partial charge on any atom is -0.463 e. The first-order valence-electron chi connectivity index (χ1n) is 5.27. The number of rotatable bonds is 3. The highest BCUT2D eigenvalue weighted by Gasteiger charge is 2.09. The van der Waals surface area contributed by atoms with Gasteiger partial charge in [0.05, 0.1) is 18.2 Å². The Labute approximate surface area is 93.9 Å². The second-order valence-corrected chi connectivity index (χ2v) is 3.91. The Morgan fingerprint density at radius 2 is 2.31 bits per heavy atom. The summed E-state index contributed by atoms with van der Waals surface area (Å²) in [6.45, 7) is 3.67. The van der Waals surface area contributed by atoms with Gasteiger partial charge in [-0.2, -0.15) is 0 Å². The molecule has 2 heterocycles. The molecule has 0 aliphatic carbocycles. The zero-order chi connectivity index (χ0) is 11.5. The predicted molar refractivity (Wildman–Crippen MR) is 60.1 cm³/mol. The number of hydrogen-bond acceptors (Lipinski definition) is 3. The Hall–Kier alpha value is -1.84. The van der Waals surface area contributed by atoms with Crippen molar-refractivity contribution in [2.24, 2.45) is 0 Å². The smallest absolute Gasteiger partial charge is 0.312 e. The predicted octanol–water partition coefficient (Wildman–Crippen LogP) is 1.83. The van der Waals surface area contributed by atoms with E-state index in [0.29, 0.717) is 0 Å². The minimum atomic E-state index is -0.238. The molecule has 0 amide bonds. The molecule has 0 unspecified atom stereocenters. The fraction of sp³-hybridized carbons (Fsp3) is 0.333. The van der Waals surface area contributed by atoms with Crippen molar-refractivity contribution >= 4 is 11.6 Å². The molecule has 0 fully saturated rings. The largest absolute Gasteiger partial charge is 0.463 e. The Morgan fingerprint density at radius 3 is 3.00 bits per heavy atom. The average Bonchev–Trinajstić information content (AvgIpc) is 2.57. The number of nitrogens with zero attached hydrogens (tertiary/aromatic N) is 2. The van der Waals surface area contributed by atoms with Crippen molar-refractivity contribution in [2.45, 2.75) is 26.4 Å². The van der Waals surface area contributed by atoms with Crippen LogP contribution in [0, 0.1) is 0 Å². The van der Waals surface area contributed by atoms with Crippen LogP contribution in [0.5, 0.6) is 0 Å². The van der Waals surface area contributed by atoms with Gasteiger partial charge in [-0.25, -0.2) is 4.98 Å². The number of esters is 1. The van der Waals surface area contributed by atoms with Crippen molar-refractivity contribution < 1.29 is 9.53 Å². The van der Waals surface area contributed by atoms with Crippen LogP contribution in [-0.4, -0.2) is 21.5 Å². The topological polar surface area (TPSA) is 43.6 Å². The Bertz CT molecular complexity index is 469. The fourth-order valence-corrected chi connectivity index (χ4v) is 1.52. The van der Waals surface area contributed by atoms with E-state index in [1.165, 1.54) is 0 Å². The molecular weight excluding hydrogens is 204 g/mol. The molecule has 0 saturated carbocycles. The molecule has 0 aliphatic rings. The van der Waals surface area contributed by atoms with E-state index >= 15 is 0 Å². The van der Waals surface area contributed by atoms with Gasteiger partial charge in [0.1, 0.15) is 5.65 Å². The average molecular weight is 218 g/mol. The number of carbonyl (C=O) groups excluding carboxylic acids is 1. The number of ether oxygens (including phenoxy) is 1. The maximum Gasteiger partial charge on any atom is 0.312 e. The summed E-state index contributed by atoms with van der Waals surface area (Å²) in [7, 11) is 0. The van der Waals surface area contributed by atoms with Crippen LogP contribution in [0.2, 0.25) is 0 Å². The lowest BCUT2D eigenvalue weighted by Gasteiger charge is -2.05. The van der Waals surface area contributed by atoms with E-state index < -0.39 is 0 Å². The quantitative estimate of drug-likeness (QED) is 0.738. The molecule has 0 aliphatic heterocycles. The van der Waals surface area contributed by atoms with Crippen LogP contribution in [0.15, 0.2) is 30.6 Å². The molecule has 0 N–H and O–H groups in total. The van der Waals surface area contributed by atoms with Crippen molar-refractivity contribution in [3.63, 3.8) is 0 Å². The molecule has 0 bridgehead atoms. The summed E-state index contributed by atoms with van der Waals surface area (Å²) < 4.78 is 6.95. The van der Waals surface area contributed by atoms with E-state index in [0.717, 1.165) is 11.3 Å². The van der Waals surface area contributed by atoms with Crippen LogP contribution in [-0.2, 0) is 16.0 Å². The van der Waals surface area contributed by atoms with Gasteiger partial charge in [-0.05, 0) is 26.0 Å². The molecule has 0 aromatic carbocycles. The monoisotopic (exact) mass is 218 g/mol. The summed E-state index contributed by atoms with van der Waals surface area (Å²) in [5.74, 6) is -0.238. The molecule has 4 heteroatoms. The van der Waals surface area contributed by atoms with Gasteiger partial charge in [0, 0.05) is 12.4 Å². The summed E-state index contributed by atoms with van der Waals surface area (Å²) in [6, 6.07) is 5.74. The zero-order valence-electron chi connectivity index (χ0n) is 9.38. The highest BCUT2D eigenvalue weighted by molar-refractivity contribution is 5.72. The lowest BCUT2D eigenvalue weighted by atomic mass is 10.3. The molecule has 84 valence electrons. The van der Waals surface area contributed by atoms with Gasteiger partial charge < -0.3 is 9.14 Å². The van der Waals surface area contributed by atoms with Gasteiger partial charge in [-0.1, -0.05) is 6.07 Å². The van der Waals surface area contributed by atoms with Crippen LogP contribution >= 0.6 is 0 Å². The fourth-order valence-electron chi connectivity index (χ4n) is 1.52. The highest BCUT2D eigenvalue weighted by atomic mass is 16.5. The minimum absolute atomic E-state index is 0.0791. The van der Waals surface area contributed by atoms with Gasteiger partial charge >= 0.3 is 5.97 Å². The summed E-state index contributed by atoms with van der Waals surface area (Å²) in [4.78, 5) is 15.8. The van der Waals surface area contributed by atoms with Crippen LogP contribution < -0.4 is 0 Å². The number of pyridine rings is 1. The molecule has 0 spiro atoms. The van der Waals surface area contributed by atoms with Crippen molar-refractivity contribution in [3.8, 4) is 0 Å². The molecule has 0 atom stereocenters.